The van der Waals surface area contributed by atoms with Gasteiger partial charge in [-0.1, -0.05) is 38.1 Å². The number of fused-ring (bicyclic) bond motifs is 1. The normalized spacial score (nSPS) is 16.8. The van der Waals surface area contributed by atoms with Gasteiger partial charge in [-0.15, -0.1) is 0 Å². The van der Waals surface area contributed by atoms with Crippen molar-refractivity contribution in [3.05, 3.63) is 35.4 Å². The second-order valence-corrected chi connectivity index (χ2v) is 6.53. The molecular formula is C17H24N2O3. The lowest BCUT2D eigenvalue weighted by Crippen LogP contribution is -2.56. The highest BCUT2D eigenvalue weighted by atomic mass is 16.5. The van der Waals surface area contributed by atoms with E-state index >= 15 is 0 Å². The van der Waals surface area contributed by atoms with Crippen molar-refractivity contribution < 1.29 is 14.3 Å². The molecule has 2 N–H and O–H groups in total. The lowest BCUT2D eigenvalue weighted by Gasteiger charge is -2.29. The van der Waals surface area contributed by atoms with Crippen molar-refractivity contribution >= 4 is 12.0 Å². The predicted molar refractivity (Wildman–Crippen MR) is 84.6 cm³/mol. The van der Waals surface area contributed by atoms with Gasteiger partial charge in [-0.25, -0.2) is 4.79 Å². The Hall–Kier alpha value is -2.04. The third-order valence-corrected chi connectivity index (χ3v) is 4.11. The fourth-order valence-electron chi connectivity index (χ4n) is 2.99. The molecule has 2 amide bonds. The van der Waals surface area contributed by atoms with E-state index in [0.717, 1.165) is 12.8 Å². The molecule has 5 nitrogen and oxygen atoms in total. The van der Waals surface area contributed by atoms with Crippen LogP contribution in [-0.2, 0) is 22.4 Å². The van der Waals surface area contributed by atoms with Gasteiger partial charge in [0.15, 0.2) is 0 Å². The summed E-state index contributed by atoms with van der Waals surface area (Å²) in [5.74, 6) is -0.192. The minimum atomic E-state index is -0.604. The van der Waals surface area contributed by atoms with Gasteiger partial charge in [0.05, 0.1) is 7.11 Å². The molecule has 2 rings (SSSR count). The standard InChI is InChI=1S/C17H24N2O3/c1-11(2)14(18-16(21)22-4)15(20)19-17(3)9-12-7-5-6-8-13(12)10-17/h5-8,11,14H,9-10H2,1-4H3,(H,18,21)(H,19,20)/t14-/m0/s1. The van der Waals surface area contributed by atoms with Crippen LogP contribution < -0.4 is 10.6 Å². The second kappa shape index (κ2) is 6.38. The number of ether oxygens (including phenoxy) is 1. The van der Waals surface area contributed by atoms with Crippen LogP contribution in [0.3, 0.4) is 0 Å². The summed E-state index contributed by atoms with van der Waals surface area (Å²) in [5.41, 5.74) is 2.23. The molecular weight excluding hydrogens is 280 g/mol. The molecule has 0 heterocycles. The van der Waals surface area contributed by atoms with E-state index in [2.05, 4.69) is 27.5 Å². The van der Waals surface area contributed by atoms with Crippen molar-refractivity contribution in [1.82, 2.24) is 10.6 Å². The maximum atomic E-state index is 12.6. The summed E-state index contributed by atoms with van der Waals surface area (Å²) >= 11 is 0. The molecule has 1 aliphatic carbocycles. The molecule has 0 spiro atoms. The minimum Gasteiger partial charge on any atom is -0.453 e. The number of hydrogen-bond acceptors (Lipinski definition) is 3. The first kappa shape index (κ1) is 16.3. The van der Waals surface area contributed by atoms with E-state index in [1.165, 1.54) is 18.2 Å². The Morgan fingerprint density at radius 2 is 1.73 bits per heavy atom. The molecule has 0 saturated heterocycles. The fraction of sp³-hybridized carbons (Fsp3) is 0.529. The molecule has 1 aromatic rings. The van der Waals surface area contributed by atoms with Crippen molar-refractivity contribution in [1.29, 1.82) is 0 Å². The largest absolute Gasteiger partial charge is 0.453 e. The first-order valence-corrected chi connectivity index (χ1v) is 7.58. The predicted octanol–water partition coefficient (Wildman–Crippen LogP) is 2.04. The zero-order chi connectivity index (χ0) is 16.3. The van der Waals surface area contributed by atoms with Crippen molar-refractivity contribution in [2.75, 3.05) is 7.11 Å². The SMILES string of the molecule is COC(=O)N[C@H](C(=O)NC1(C)Cc2ccccc2C1)C(C)C. The van der Waals surface area contributed by atoms with Gasteiger partial charge in [-0.2, -0.15) is 0 Å². The molecule has 22 heavy (non-hydrogen) atoms. The summed E-state index contributed by atoms with van der Waals surface area (Å²) in [4.78, 5) is 24.0. The number of nitrogens with one attached hydrogen (secondary N) is 2. The zero-order valence-corrected chi connectivity index (χ0v) is 13.6. The highest BCUT2D eigenvalue weighted by Crippen LogP contribution is 2.29. The molecule has 120 valence electrons. The fourth-order valence-corrected chi connectivity index (χ4v) is 2.99. The van der Waals surface area contributed by atoms with Gasteiger partial charge in [-0.3, -0.25) is 4.79 Å². The molecule has 0 aliphatic heterocycles. The molecule has 1 atom stereocenters. The quantitative estimate of drug-likeness (QED) is 0.894. The topological polar surface area (TPSA) is 67.4 Å². The monoisotopic (exact) mass is 304 g/mol. The molecule has 0 fully saturated rings. The number of carbonyl (C=O) groups excluding carboxylic acids is 2. The van der Waals surface area contributed by atoms with Crippen molar-refractivity contribution in [2.24, 2.45) is 5.92 Å². The van der Waals surface area contributed by atoms with Crippen LogP contribution in [-0.4, -0.2) is 30.7 Å². The summed E-state index contributed by atoms with van der Waals surface area (Å²) in [7, 11) is 1.29. The van der Waals surface area contributed by atoms with E-state index in [4.69, 9.17) is 0 Å². The molecule has 0 unspecified atom stereocenters. The van der Waals surface area contributed by atoms with E-state index in [1.807, 2.05) is 32.9 Å². The van der Waals surface area contributed by atoms with Gasteiger partial charge in [0.2, 0.25) is 5.91 Å². The van der Waals surface area contributed by atoms with E-state index in [-0.39, 0.29) is 17.4 Å². The lowest BCUT2D eigenvalue weighted by molar-refractivity contribution is -0.125. The van der Waals surface area contributed by atoms with Gasteiger partial charge in [0, 0.05) is 5.54 Å². The van der Waals surface area contributed by atoms with Gasteiger partial charge in [0.25, 0.3) is 0 Å². The molecule has 0 radical (unpaired) electrons. The number of rotatable bonds is 4. The molecule has 0 saturated carbocycles. The summed E-state index contributed by atoms with van der Waals surface area (Å²) in [6.07, 6.45) is 1.02. The first-order valence-electron chi connectivity index (χ1n) is 7.58. The summed E-state index contributed by atoms with van der Waals surface area (Å²) in [6.45, 7) is 5.83. The third kappa shape index (κ3) is 3.59. The van der Waals surface area contributed by atoms with Crippen molar-refractivity contribution in [2.45, 2.75) is 45.2 Å². The summed E-state index contributed by atoms with van der Waals surface area (Å²) < 4.78 is 4.60. The van der Waals surface area contributed by atoms with Gasteiger partial charge >= 0.3 is 6.09 Å². The smallest absolute Gasteiger partial charge is 0.407 e. The highest BCUT2D eigenvalue weighted by molar-refractivity contribution is 5.86. The highest BCUT2D eigenvalue weighted by Gasteiger charge is 2.36. The second-order valence-electron chi connectivity index (χ2n) is 6.53. The Labute approximate surface area is 131 Å². The van der Waals surface area contributed by atoms with E-state index in [1.54, 1.807) is 0 Å². The van der Waals surface area contributed by atoms with Crippen molar-refractivity contribution in [3.8, 4) is 0 Å². The number of amides is 2. The molecule has 1 aromatic carbocycles. The Bertz CT molecular complexity index is 544. The first-order chi connectivity index (χ1) is 10.3. The number of alkyl carbamates (subject to hydrolysis) is 1. The van der Waals surface area contributed by atoms with Gasteiger partial charge in [0.1, 0.15) is 6.04 Å². The maximum Gasteiger partial charge on any atom is 0.407 e. The summed E-state index contributed by atoms with van der Waals surface area (Å²) in [6, 6.07) is 7.62. The van der Waals surface area contributed by atoms with E-state index in [9.17, 15) is 9.59 Å². The average molecular weight is 304 g/mol. The number of benzene rings is 1. The van der Waals surface area contributed by atoms with Crippen LogP contribution in [0.5, 0.6) is 0 Å². The average Bonchev–Trinajstić information content (AvgIpc) is 2.79. The maximum absolute atomic E-state index is 12.6. The van der Waals surface area contributed by atoms with Crippen LogP contribution >= 0.6 is 0 Å². The zero-order valence-electron chi connectivity index (χ0n) is 13.6. The van der Waals surface area contributed by atoms with E-state index in [0.29, 0.717) is 0 Å². The number of carbonyl (C=O) groups is 2. The van der Waals surface area contributed by atoms with Crippen LogP contribution in [0.2, 0.25) is 0 Å². The summed E-state index contributed by atoms with van der Waals surface area (Å²) in [5, 5.41) is 5.71. The molecule has 0 bridgehead atoms. The van der Waals surface area contributed by atoms with Crippen LogP contribution in [0.1, 0.15) is 31.9 Å². The number of hydrogen-bond donors (Lipinski definition) is 2. The number of methoxy groups -OCH3 is 1. The van der Waals surface area contributed by atoms with Crippen LogP contribution in [0, 0.1) is 5.92 Å². The Kier molecular flexibility index (Phi) is 4.74. The molecule has 5 heteroatoms. The molecule has 1 aliphatic rings. The van der Waals surface area contributed by atoms with E-state index < -0.39 is 12.1 Å². The molecule has 0 aromatic heterocycles. The van der Waals surface area contributed by atoms with Crippen LogP contribution in [0.4, 0.5) is 4.79 Å². The van der Waals surface area contributed by atoms with Crippen LogP contribution in [0.15, 0.2) is 24.3 Å². The van der Waals surface area contributed by atoms with Gasteiger partial charge < -0.3 is 15.4 Å². The Morgan fingerprint density at radius 1 is 1.18 bits per heavy atom. The Morgan fingerprint density at radius 3 is 2.18 bits per heavy atom. The van der Waals surface area contributed by atoms with Crippen molar-refractivity contribution in [3.63, 3.8) is 0 Å². The van der Waals surface area contributed by atoms with Gasteiger partial charge in [-0.05, 0) is 36.8 Å². The van der Waals surface area contributed by atoms with Crippen LogP contribution in [0.25, 0.3) is 0 Å². The lowest BCUT2D eigenvalue weighted by atomic mass is 9.96. The third-order valence-electron chi connectivity index (χ3n) is 4.11. The Balaban J connectivity index is 2.06. The minimum absolute atomic E-state index is 0.0218.